The van der Waals surface area contributed by atoms with Gasteiger partial charge in [0.05, 0.1) is 11.9 Å². The molecule has 0 spiro atoms. The Morgan fingerprint density at radius 1 is 1.50 bits per heavy atom. The van der Waals surface area contributed by atoms with E-state index in [9.17, 15) is 9.90 Å². The van der Waals surface area contributed by atoms with Gasteiger partial charge >= 0.3 is 0 Å². The third-order valence-electron chi connectivity index (χ3n) is 3.22. The van der Waals surface area contributed by atoms with Gasteiger partial charge in [-0.3, -0.25) is 4.79 Å². The molecule has 0 fully saturated rings. The van der Waals surface area contributed by atoms with E-state index in [1.807, 2.05) is 16.2 Å². The van der Waals surface area contributed by atoms with Crippen LogP contribution < -0.4 is 10.7 Å². The first-order valence-electron chi connectivity index (χ1n) is 5.84. The van der Waals surface area contributed by atoms with Crippen molar-refractivity contribution >= 4 is 0 Å². The van der Waals surface area contributed by atoms with E-state index >= 15 is 0 Å². The van der Waals surface area contributed by atoms with Gasteiger partial charge in [-0.2, -0.15) is 0 Å². The second-order valence-corrected chi connectivity index (χ2v) is 4.33. The van der Waals surface area contributed by atoms with Crippen LogP contribution in [0, 0.1) is 0 Å². The minimum absolute atomic E-state index is 0.222. The Balaban J connectivity index is 2.22. The Morgan fingerprint density at radius 2 is 2.33 bits per heavy atom. The summed E-state index contributed by atoms with van der Waals surface area (Å²) in [6.07, 6.45) is 3.48. The van der Waals surface area contributed by atoms with Crippen molar-refractivity contribution in [1.82, 2.24) is 19.4 Å². The molecule has 0 amide bonds. The third-order valence-corrected chi connectivity index (χ3v) is 3.22. The van der Waals surface area contributed by atoms with Crippen LogP contribution in [0.15, 0.2) is 23.3 Å². The molecule has 0 saturated carbocycles. The Hall–Kier alpha value is -2.08. The van der Waals surface area contributed by atoms with Crippen molar-refractivity contribution in [3.8, 4) is 17.3 Å². The smallest absolute Gasteiger partial charge is 0.223 e. The van der Waals surface area contributed by atoms with E-state index in [1.54, 1.807) is 12.4 Å². The second kappa shape index (κ2) is 3.99. The lowest BCUT2D eigenvalue weighted by Gasteiger charge is -2.22. The fourth-order valence-corrected chi connectivity index (χ4v) is 2.36. The molecule has 3 rings (SSSR count). The van der Waals surface area contributed by atoms with Gasteiger partial charge in [-0.05, 0) is 7.05 Å². The highest BCUT2D eigenvalue weighted by molar-refractivity contribution is 5.61. The van der Waals surface area contributed by atoms with E-state index in [1.165, 1.54) is 6.07 Å². The van der Waals surface area contributed by atoms with Crippen LogP contribution in [-0.2, 0) is 19.6 Å². The van der Waals surface area contributed by atoms with Crippen molar-refractivity contribution < 1.29 is 5.11 Å². The van der Waals surface area contributed by atoms with Crippen LogP contribution in [0.1, 0.15) is 5.69 Å². The quantitative estimate of drug-likeness (QED) is 0.791. The summed E-state index contributed by atoms with van der Waals surface area (Å²) in [5.41, 5.74) is 1.19. The van der Waals surface area contributed by atoms with Crippen LogP contribution in [0.3, 0.4) is 0 Å². The molecule has 94 valence electrons. The molecule has 0 aromatic carbocycles. The van der Waals surface area contributed by atoms with E-state index in [0.717, 1.165) is 18.8 Å². The summed E-state index contributed by atoms with van der Waals surface area (Å²) in [5.74, 6) is 0.432. The zero-order chi connectivity index (χ0) is 12.7. The van der Waals surface area contributed by atoms with E-state index < -0.39 is 0 Å². The minimum Gasteiger partial charge on any atom is -0.503 e. The normalized spacial score (nSPS) is 13.2. The number of nitrogens with zero attached hydrogens (tertiary/aromatic N) is 3. The number of aromatic hydroxyl groups is 1. The summed E-state index contributed by atoms with van der Waals surface area (Å²) in [7, 11) is 1.87. The highest BCUT2D eigenvalue weighted by Gasteiger charge is 2.23. The predicted molar refractivity (Wildman–Crippen MR) is 66.4 cm³/mol. The molecular weight excluding hydrogens is 232 g/mol. The number of pyridine rings is 1. The van der Waals surface area contributed by atoms with Crippen molar-refractivity contribution in [3.63, 3.8) is 0 Å². The lowest BCUT2D eigenvalue weighted by molar-refractivity contribution is 0.450. The molecule has 1 aliphatic heterocycles. The van der Waals surface area contributed by atoms with Crippen LogP contribution in [0.2, 0.25) is 0 Å². The fourth-order valence-electron chi connectivity index (χ4n) is 2.36. The van der Waals surface area contributed by atoms with E-state index in [0.29, 0.717) is 18.1 Å². The number of hydrogen-bond acceptors (Lipinski definition) is 4. The maximum Gasteiger partial charge on any atom is 0.223 e. The van der Waals surface area contributed by atoms with Gasteiger partial charge in [-0.25, -0.2) is 4.98 Å². The van der Waals surface area contributed by atoms with E-state index in [-0.39, 0.29) is 11.2 Å². The summed E-state index contributed by atoms with van der Waals surface area (Å²) in [6.45, 7) is 2.23. The van der Waals surface area contributed by atoms with Crippen LogP contribution in [0.4, 0.5) is 0 Å². The average molecular weight is 246 g/mol. The lowest BCUT2D eigenvalue weighted by atomic mass is 10.2. The summed E-state index contributed by atoms with van der Waals surface area (Å²) in [6, 6.07) is 1.38. The third kappa shape index (κ3) is 1.46. The first-order chi connectivity index (χ1) is 8.72. The molecule has 0 atom stereocenters. The number of hydrogen-bond donors (Lipinski definition) is 2. The topological polar surface area (TPSA) is 72.1 Å². The lowest BCUT2D eigenvalue weighted by Crippen LogP contribution is -2.22. The van der Waals surface area contributed by atoms with Gasteiger partial charge in [-0.1, -0.05) is 0 Å². The average Bonchev–Trinajstić information content (AvgIpc) is 2.77. The molecule has 6 heteroatoms. The molecule has 18 heavy (non-hydrogen) atoms. The molecular formula is C12H14N4O2. The molecule has 0 bridgehead atoms. The van der Waals surface area contributed by atoms with Gasteiger partial charge in [0.2, 0.25) is 5.43 Å². The standard InChI is InChI=1S/C12H14N4O2/c1-13-6-8-7-14-12-10-11(18)9(17)2-3-15(10)4-5-16(8)12/h2-3,7,13,18H,4-6H2,1H3. The van der Waals surface area contributed by atoms with Gasteiger partial charge in [0.1, 0.15) is 5.69 Å². The molecule has 2 aromatic rings. The van der Waals surface area contributed by atoms with Crippen LogP contribution >= 0.6 is 0 Å². The van der Waals surface area contributed by atoms with Gasteiger partial charge < -0.3 is 19.6 Å². The fraction of sp³-hybridized carbons (Fsp3) is 0.333. The molecule has 0 unspecified atom stereocenters. The SMILES string of the molecule is CNCc1cnc2n1CCn1ccc(=O)c(O)c1-2. The number of fused-ring (bicyclic) bond motifs is 3. The monoisotopic (exact) mass is 246 g/mol. The largest absolute Gasteiger partial charge is 0.503 e. The minimum atomic E-state index is -0.368. The first-order valence-corrected chi connectivity index (χ1v) is 5.84. The molecule has 3 heterocycles. The summed E-state index contributed by atoms with van der Waals surface area (Å²) in [5, 5.41) is 13.0. The van der Waals surface area contributed by atoms with Gasteiger partial charge in [0.15, 0.2) is 11.6 Å². The molecule has 6 nitrogen and oxygen atoms in total. The van der Waals surface area contributed by atoms with Gasteiger partial charge in [-0.15, -0.1) is 0 Å². The van der Waals surface area contributed by atoms with Crippen molar-refractivity contribution in [2.45, 2.75) is 19.6 Å². The molecule has 2 aromatic heterocycles. The zero-order valence-electron chi connectivity index (χ0n) is 10.1. The van der Waals surface area contributed by atoms with E-state index in [2.05, 4.69) is 10.3 Å². The molecule has 1 aliphatic rings. The van der Waals surface area contributed by atoms with Crippen molar-refractivity contribution in [3.05, 3.63) is 34.4 Å². The zero-order valence-corrected chi connectivity index (χ0v) is 10.1. The molecule has 0 aliphatic carbocycles. The maximum atomic E-state index is 11.5. The van der Waals surface area contributed by atoms with Gasteiger partial charge in [0.25, 0.3) is 0 Å². The molecule has 0 saturated heterocycles. The predicted octanol–water partition coefficient (Wildman–Crippen LogP) is 0.150. The van der Waals surface area contributed by atoms with Crippen LogP contribution in [-0.4, -0.2) is 26.3 Å². The molecule has 2 N–H and O–H groups in total. The number of aromatic nitrogens is 3. The Kier molecular flexibility index (Phi) is 2.45. The van der Waals surface area contributed by atoms with Crippen LogP contribution in [0.5, 0.6) is 5.75 Å². The number of nitrogens with one attached hydrogen (secondary N) is 1. The number of imidazole rings is 1. The van der Waals surface area contributed by atoms with E-state index in [4.69, 9.17) is 0 Å². The highest BCUT2D eigenvalue weighted by Crippen LogP contribution is 2.29. The Morgan fingerprint density at radius 3 is 3.11 bits per heavy atom. The first kappa shape index (κ1) is 11.0. The maximum absolute atomic E-state index is 11.5. The van der Waals surface area contributed by atoms with Gasteiger partial charge in [0, 0.05) is 31.9 Å². The van der Waals surface area contributed by atoms with Crippen molar-refractivity contribution in [2.75, 3.05) is 7.05 Å². The summed E-state index contributed by atoms with van der Waals surface area (Å²) >= 11 is 0. The molecule has 0 radical (unpaired) electrons. The Labute approximate surface area is 104 Å². The summed E-state index contributed by atoms with van der Waals surface area (Å²) < 4.78 is 3.90. The number of aryl methyl sites for hydroxylation is 1. The highest BCUT2D eigenvalue weighted by atomic mass is 16.3. The summed E-state index contributed by atoms with van der Waals surface area (Å²) in [4.78, 5) is 15.8. The van der Waals surface area contributed by atoms with Crippen LogP contribution in [0.25, 0.3) is 11.5 Å². The Bertz CT molecular complexity index is 657. The van der Waals surface area contributed by atoms with Crippen molar-refractivity contribution in [2.24, 2.45) is 0 Å². The number of rotatable bonds is 2. The second-order valence-electron chi connectivity index (χ2n) is 4.33. The van der Waals surface area contributed by atoms with Crippen molar-refractivity contribution in [1.29, 1.82) is 0 Å².